The third-order valence-electron chi connectivity index (χ3n) is 6.09. The van der Waals surface area contributed by atoms with Crippen LogP contribution in [-0.2, 0) is 15.0 Å². The molecule has 2 fully saturated rings. The smallest absolute Gasteiger partial charge is 0.354 e. The summed E-state index contributed by atoms with van der Waals surface area (Å²) in [5.74, 6) is 0.120. The van der Waals surface area contributed by atoms with E-state index in [2.05, 4.69) is 26.0 Å². The van der Waals surface area contributed by atoms with Crippen molar-refractivity contribution >= 4 is 17.0 Å². The lowest BCUT2D eigenvalue weighted by Crippen LogP contribution is -2.33. The van der Waals surface area contributed by atoms with Crippen molar-refractivity contribution in [1.29, 1.82) is 5.26 Å². The Bertz CT molecular complexity index is 955. The normalized spacial score (nSPS) is 29.3. The average molecular weight is 367 g/mol. The van der Waals surface area contributed by atoms with Gasteiger partial charge in [0.25, 0.3) is 0 Å². The van der Waals surface area contributed by atoms with Crippen LogP contribution >= 0.6 is 0 Å². The van der Waals surface area contributed by atoms with Crippen molar-refractivity contribution < 1.29 is 14.3 Å². The first kappa shape index (κ1) is 18.0. The fourth-order valence-electron chi connectivity index (χ4n) is 4.43. The number of hydrogen-bond acceptors (Lipinski definition) is 5. The van der Waals surface area contributed by atoms with E-state index in [0.717, 1.165) is 36.8 Å². The Morgan fingerprint density at radius 1 is 1.41 bits per heavy atom. The lowest BCUT2D eigenvalue weighted by atomic mass is 9.84. The van der Waals surface area contributed by atoms with Gasteiger partial charge in [0.15, 0.2) is 0 Å². The van der Waals surface area contributed by atoms with Crippen LogP contribution in [0.1, 0.15) is 62.0 Å². The number of ether oxygens (including phenoxy) is 2. The molecule has 3 unspecified atom stereocenters. The number of nitrogens with zero attached hydrogens (tertiary/aromatic N) is 3. The highest BCUT2D eigenvalue weighted by Gasteiger charge is 2.56. The molecule has 0 bridgehead atoms. The Morgan fingerprint density at radius 2 is 2.15 bits per heavy atom. The van der Waals surface area contributed by atoms with Crippen molar-refractivity contribution in [2.24, 2.45) is 5.92 Å². The highest BCUT2D eigenvalue weighted by molar-refractivity contribution is 5.95. The van der Waals surface area contributed by atoms with Gasteiger partial charge in [-0.3, -0.25) is 4.57 Å². The van der Waals surface area contributed by atoms with Crippen molar-refractivity contribution in [3.63, 3.8) is 0 Å². The molecule has 2 aromatic rings. The lowest BCUT2D eigenvalue weighted by Gasteiger charge is -2.35. The average Bonchev–Trinajstić information content (AvgIpc) is 3.15. The van der Waals surface area contributed by atoms with Crippen molar-refractivity contribution in [1.82, 2.24) is 9.55 Å². The number of fused-ring (bicyclic) bond motifs is 1. The predicted molar refractivity (Wildman–Crippen MR) is 100 cm³/mol. The SMILES string of the molecule is COC(=O)c1cc2cc(C3CCOC(C)(C)C3)cnc2n1C1(C#N)CC1C. The standard InChI is InChI=1S/C21H25N3O3/c1-13-9-21(13,12-22)24-17(19(25)26-4)8-15-7-16(11-23-18(15)24)14-5-6-27-20(2,3)10-14/h7-8,11,13-14H,5-6,9-10H2,1-4H3. The molecule has 27 heavy (non-hydrogen) atoms. The zero-order chi connectivity index (χ0) is 19.4. The zero-order valence-electron chi connectivity index (χ0n) is 16.3. The Kier molecular flexibility index (Phi) is 4.04. The molecule has 6 heteroatoms. The number of carbonyl (C=O) groups is 1. The maximum atomic E-state index is 12.4. The molecule has 142 valence electrons. The molecule has 3 heterocycles. The minimum absolute atomic E-state index is 0.144. The van der Waals surface area contributed by atoms with E-state index in [1.54, 1.807) is 4.57 Å². The van der Waals surface area contributed by atoms with E-state index in [0.29, 0.717) is 17.3 Å². The van der Waals surface area contributed by atoms with Gasteiger partial charge >= 0.3 is 5.97 Å². The maximum Gasteiger partial charge on any atom is 0.354 e. The van der Waals surface area contributed by atoms with Crippen LogP contribution in [-0.4, -0.2) is 34.8 Å². The number of nitriles is 1. The first-order chi connectivity index (χ1) is 12.8. The summed E-state index contributed by atoms with van der Waals surface area (Å²) in [6.07, 6.45) is 4.50. The molecule has 0 N–H and O–H groups in total. The highest BCUT2D eigenvalue weighted by atomic mass is 16.5. The number of hydrogen-bond donors (Lipinski definition) is 0. The number of rotatable bonds is 3. The maximum absolute atomic E-state index is 12.4. The van der Waals surface area contributed by atoms with Gasteiger partial charge in [0.2, 0.25) is 0 Å². The van der Waals surface area contributed by atoms with E-state index in [1.165, 1.54) is 7.11 Å². The third kappa shape index (κ3) is 2.81. The topological polar surface area (TPSA) is 77.1 Å². The van der Waals surface area contributed by atoms with Gasteiger partial charge in [-0.1, -0.05) is 6.92 Å². The third-order valence-corrected chi connectivity index (χ3v) is 6.09. The van der Waals surface area contributed by atoms with Crippen LogP contribution in [0.15, 0.2) is 18.3 Å². The molecule has 3 atom stereocenters. The van der Waals surface area contributed by atoms with Gasteiger partial charge in [0, 0.05) is 18.2 Å². The number of methoxy groups -OCH3 is 1. The Labute approximate surface area is 159 Å². The van der Waals surface area contributed by atoms with Crippen molar-refractivity contribution in [2.45, 2.75) is 57.1 Å². The van der Waals surface area contributed by atoms with E-state index < -0.39 is 11.5 Å². The minimum Gasteiger partial charge on any atom is -0.464 e. The number of pyridine rings is 1. The zero-order valence-corrected chi connectivity index (χ0v) is 16.3. The first-order valence-corrected chi connectivity index (χ1v) is 9.47. The van der Waals surface area contributed by atoms with Crippen molar-refractivity contribution in [3.05, 3.63) is 29.6 Å². The molecule has 0 spiro atoms. The molecule has 6 nitrogen and oxygen atoms in total. The monoisotopic (exact) mass is 367 g/mol. The molecule has 2 aliphatic rings. The summed E-state index contributed by atoms with van der Waals surface area (Å²) in [4.78, 5) is 17.1. The quantitative estimate of drug-likeness (QED) is 0.772. The minimum atomic E-state index is -0.708. The van der Waals surface area contributed by atoms with Gasteiger partial charge in [0.05, 0.1) is 18.8 Å². The number of carbonyl (C=O) groups excluding carboxylic acids is 1. The molecule has 1 saturated carbocycles. The largest absolute Gasteiger partial charge is 0.464 e. The van der Waals surface area contributed by atoms with E-state index in [1.807, 2.05) is 19.2 Å². The van der Waals surface area contributed by atoms with E-state index in [9.17, 15) is 10.1 Å². The van der Waals surface area contributed by atoms with Crippen LogP contribution < -0.4 is 0 Å². The van der Waals surface area contributed by atoms with Gasteiger partial charge in [0.1, 0.15) is 16.9 Å². The summed E-state index contributed by atoms with van der Waals surface area (Å²) >= 11 is 0. The van der Waals surface area contributed by atoms with E-state index in [4.69, 9.17) is 14.5 Å². The Hall–Kier alpha value is -2.39. The van der Waals surface area contributed by atoms with Gasteiger partial charge in [-0.2, -0.15) is 5.26 Å². The second-order valence-corrected chi connectivity index (χ2v) is 8.48. The highest BCUT2D eigenvalue weighted by Crippen LogP contribution is 2.52. The predicted octanol–water partition coefficient (Wildman–Crippen LogP) is 3.75. The Balaban J connectivity index is 1.82. The number of esters is 1. The van der Waals surface area contributed by atoms with Crippen LogP contribution in [0, 0.1) is 17.2 Å². The summed E-state index contributed by atoms with van der Waals surface area (Å²) < 4.78 is 12.6. The number of aromatic nitrogens is 2. The molecule has 1 saturated heterocycles. The van der Waals surface area contributed by atoms with Crippen LogP contribution in [0.4, 0.5) is 0 Å². The fourth-order valence-corrected chi connectivity index (χ4v) is 4.43. The molecule has 4 rings (SSSR count). The molecular weight excluding hydrogens is 342 g/mol. The molecule has 1 aliphatic carbocycles. The van der Waals surface area contributed by atoms with Gasteiger partial charge in [-0.15, -0.1) is 0 Å². The van der Waals surface area contributed by atoms with E-state index >= 15 is 0 Å². The molecule has 2 aromatic heterocycles. The second kappa shape index (κ2) is 6.07. The summed E-state index contributed by atoms with van der Waals surface area (Å²) in [6, 6.07) is 6.32. The lowest BCUT2D eigenvalue weighted by molar-refractivity contribution is -0.0593. The van der Waals surface area contributed by atoms with Gasteiger partial charge in [-0.05, 0) is 62.6 Å². The first-order valence-electron chi connectivity index (χ1n) is 9.47. The van der Waals surface area contributed by atoms with Gasteiger partial charge in [-0.25, -0.2) is 9.78 Å². The summed E-state index contributed by atoms with van der Waals surface area (Å²) in [5, 5.41) is 10.7. The van der Waals surface area contributed by atoms with Crippen molar-refractivity contribution in [2.75, 3.05) is 13.7 Å². The fraction of sp³-hybridized carbons (Fsp3) is 0.571. The molecular formula is C21H25N3O3. The second-order valence-electron chi connectivity index (χ2n) is 8.48. The van der Waals surface area contributed by atoms with Crippen LogP contribution in [0.3, 0.4) is 0 Å². The van der Waals surface area contributed by atoms with Crippen LogP contribution in [0.5, 0.6) is 0 Å². The van der Waals surface area contributed by atoms with Crippen LogP contribution in [0.25, 0.3) is 11.0 Å². The van der Waals surface area contributed by atoms with E-state index in [-0.39, 0.29) is 11.5 Å². The molecule has 1 aliphatic heterocycles. The summed E-state index contributed by atoms with van der Waals surface area (Å²) in [5.41, 5.74) is 1.38. The molecule has 0 amide bonds. The Morgan fingerprint density at radius 3 is 2.74 bits per heavy atom. The summed E-state index contributed by atoms with van der Waals surface area (Å²) in [6.45, 7) is 6.98. The summed E-state index contributed by atoms with van der Waals surface area (Å²) in [7, 11) is 1.36. The van der Waals surface area contributed by atoms with Gasteiger partial charge < -0.3 is 9.47 Å². The molecule has 0 aromatic carbocycles. The molecule has 0 radical (unpaired) electrons. The van der Waals surface area contributed by atoms with Crippen molar-refractivity contribution in [3.8, 4) is 6.07 Å². The van der Waals surface area contributed by atoms with Crippen LogP contribution in [0.2, 0.25) is 0 Å².